The van der Waals surface area contributed by atoms with Crippen molar-refractivity contribution < 1.29 is 19.1 Å². The highest BCUT2D eigenvalue weighted by molar-refractivity contribution is 7.22. The van der Waals surface area contributed by atoms with Gasteiger partial charge in [0.2, 0.25) is 11.8 Å². The first kappa shape index (κ1) is 17.9. The van der Waals surface area contributed by atoms with Crippen LogP contribution in [0.15, 0.2) is 24.3 Å². The van der Waals surface area contributed by atoms with Crippen molar-refractivity contribution in [2.45, 2.75) is 26.2 Å². The number of ether oxygens (including phenoxy) is 1. The van der Waals surface area contributed by atoms with Crippen LogP contribution in [0.2, 0.25) is 0 Å². The van der Waals surface area contributed by atoms with Gasteiger partial charge in [-0.15, -0.1) is 0 Å². The lowest BCUT2D eigenvalue weighted by molar-refractivity contribution is -0.143. The summed E-state index contributed by atoms with van der Waals surface area (Å²) < 4.78 is 5.74. The molecule has 0 fully saturated rings. The van der Waals surface area contributed by atoms with Gasteiger partial charge in [-0.05, 0) is 19.1 Å². The average molecular weight is 349 g/mol. The molecule has 2 rings (SSSR count). The highest BCUT2D eigenvalue weighted by Crippen LogP contribution is 2.25. The second-order valence-corrected chi connectivity index (χ2v) is 5.97. The second kappa shape index (κ2) is 8.97. The quantitative estimate of drug-likeness (QED) is 0.711. The number of carbonyl (C=O) groups excluding carboxylic acids is 3. The molecule has 0 aliphatic rings. The first-order chi connectivity index (χ1) is 11.6. The van der Waals surface area contributed by atoms with Crippen LogP contribution in [0.1, 0.15) is 26.2 Å². The number of hydrogen-bond donors (Lipinski definition) is 2. The van der Waals surface area contributed by atoms with Crippen LogP contribution in [0.5, 0.6) is 0 Å². The minimum Gasteiger partial charge on any atom is -0.466 e. The first-order valence-corrected chi connectivity index (χ1v) is 8.48. The van der Waals surface area contributed by atoms with Crippen molar-refractivity contribution in [1.82, 2.24) is 10.3 Å². The van der Waals surface area contributed by atoms with Gasteiger partial charge in [-0.25, -0.2) is 4.98 Å². The third-order valence-electron chi connectivity index (χ3n) is 3.08. The Hall–Kier alpha value is -2.48. The van der Waals surface area contributed by atoms with Crippen LogP contribution >= 0.6 is 11.3 Å². The first-order valence-electron chi connectivity index (χ1n) is 7.66. The second-order valence-electron chi connectivity index (χ2n) is 4.94. The molecular formula is C16H19N3O4S. The molecule has 0 bridgehead atoms. The number of para-hydroxylation sites is 1. The number of nitrogens with one attached hydrogen (secondary N) is 2. The third kappa shape index (κ3) is 5.62. The molecule has 1 heterocycles. The van der Waals surface area contributed by atoms with Crippen LogP contribution in [-0.4, -0.2) is 35.9 Å². The fraction of sp³-hybridized carbons (Fsp3) is 0.375. The number of nitrogens with zero attached hydrogens (tertiary/aromatic N) is 1. The summed E-state index contributed by atoms with van der Waals surface area (Å²) in [4.78, 5) is 38.9. The van der Waals surface area contributed by atoms with Crippen LogP contribution in [-0.2, 0) is 19.1 Å². The molecule has 128 valence electrons. The molecular weight excluding hydrogens is 330 g/mol. The number of thiazole rings is 1. The van der Waals surface area contributed by atoms with Gasteiger partial charge in [0.05, 0.1) is 23.2 Å². The number of esters is 1. The molecule has 1 aromatic carbocycles. The van der Waals surface area contributed by atoms with Gasteiger partial charge < -0.3 is 15.4 Å². The zero-order valence-electron chi connectivity index (χ0n) is 13.3. The van der Waals surface area contributed by atoms with Crippen molar-refractivity contribution in [3.8, 4) is 0 Å². The Labute approximate surface area is 143 Å². The predicted octanol–water partition coefficient (Wildman–Crippen LogP) is 2.08. The van der Waals surface area contributed by atoms with E-state index < -0.39 is 0 Å². The lowest BCUT2D eigenvalue weighted by atomic mass is 10.3. The molecule has 0 radical (unpaired) electrons. The van der Waals surface area contributed by atoms with Crippen molar-refractivity contribution >= 4 is 44.5 Å². The average Bonchev–Trinajstić information content (AvgIpc) is 2.95. The van der Waals surface area contributed by atoms with E-state index in [0.717, 1.165) is 10.2 Å². The van der Waals surface area contributed by atoms with Gasteiger partial charge in [0, 0.05) is 19.4 Å². The summed E-state index contributed by atoms with van der Waals surface area (Å²) in [7, 11) is 0. The van der Waals surface area contributed by atoms with E-state index in [9.17, 15) is 14.4 Å². The zero-order valence-corrected chi connectivity index (χ0v) is 14.1. The molecule has 0 aliphatic heterocycles. The van der Waals surface area contributed by atoms with E-state index in [1.807, 2.05) is 24.3 Å². The van der Waals surface area contributed by atoms with Crippen LogP contribution < -0.4 is 10.6 Å². The van der Waals surface area contributed by atoms with Crippen molar-refractivity contribution in [2.75, 3.05) is 18.5 Å². The number of amides is 2. The molecule has 0 saturated heterocycles. The Bertz CT molecular complexity index is 696. The van der Waals surface area contributed by atoms with Crippen molar-refractivity contribution in [2.24, 2.45) is 0 Å². The molecule has 0 unspecified atom stereocenters. The standard InChI is InChI=1S/C16H19N3O4S/c1-2-23-15(22)9-10-17-13(20)7-8-14(21)19-16-18-11-5-3-4-6-12(11)24-16/h3-6H,2,7-10H2,1H3,(H,17,20)(H,18,19,21). The van der Waals surface area contributed by atoms with Crippen molar-refractivity contribution in [1.29, 1.82) is 0 Å². The molecule has 2 aromatic rings. The van der Waals surface area contributed by atoms with Gasteiger partial charge in [0.1, 0.15) is 0 Å². The molecule has 1 aromatic heterocycles. The number of rotatable bonds is 8. The molecule has 8 heteroatoms. The highest BCUT2D eigenvalue weighted by atomic mass is 32.1. The minimum atomic E-state index is -0.355. The molecule has 0 saturated carbocycles. The van der Waals surface area contributed by atoms with Gasteiger partial charge in [-0.3, -0.25) is 14.4 Å². The third-order valence-corrected chi connectivity index (χ3v) is 4.03. The summed E-state index contributed by atoms with van der Waals surface area (Å²) >= 11 is 1.39. The van der Waals surface area contributed by atoms with Crippen LogP contribution in [0.25, 0.3) is 10.2 Å². The number of carbonyl (C=O) groups is 3. The molecule has 2 amide bonds. The molecule has 0 spiro atoms. The Balaban J connectivity index is 1.69. The van der Waals surface area contributed by atoms with Crippen LogP contribution in [0.4, 0.5) is 5.13 Å². The summed E-state index contributed by atoms with van der Waals surface area (Å²) in [5.74, 6) is -0.903. The summed E-state index contributed by atoms with van der Waals surface area (Å²) in [6.45, 7) is 2.25. The van der Waals surface area contributed by atoms with E-state index in [1.54, 1.807) is 6.92 Å². The van der Waals surface area contributed by atoms with Gasteiger partial charge in [-0.1, -0.05) is 23.5 Å². The predicted molar refractivity (Wildman–Crippen MR) is 91.7 cm³/mol. The maximum absolute atomic E-state index is 11.9. The Morgan fingerprint density at radius 3 is 2.62 bits per heavy atom. The largest absolute Gasteiger partial charge is 0.466 e. The Morgan fingerprint density at radius 2 is 1.88 bits per heavy atom. The Kier molecular flexibility index (Phi) is 6.68. The van der Waals surface area contributed by atoms with E-state index in [2.05, 4.69) is 15.6 Å². The number of fused-ring (bicyclic) bond motifs is 1. The summed E-state index contributed by atoms with van der Waals surface area (Å²) in [6, 6.07) is 7.60. The zero-order chi connectivity index (χ0) is 17.4. The van der Waals surface area contributed by atoms with Gasteiger partial charge in [0.15, 0.2) is 5.13 Å². The maximum Gasteiger partial charge on any atom is 0.307 e. The number of hydrogen-bond acceptors (Lipinski definition) is 6. The smallest absolute Gasteiger partial charge is 0.307 e. The van der Waals surface area contributed by atoms with E-state index in [-0.39, 0.29) is 43.6 Å². The van der Waals surface area contributed by atoms with Gasteiger partial charge in [-0.2, -0.15) is 0 Å². The minimum absolute atomic E-state index is 0.0551. The fourth-order valence-electron chi connectivity index (χ4n) is 1.96. The highest BCUT2D eigenvalue weighted by Gasteiger charge is 2.10. The Morgan fingerprint density at radius 1 is 1.12 bits per heavy atom. The number of benzene rings is 1. The molecule has 24 heavy (non-hydrogen) atoms. The normalized spacial score (nSPS) is 10.4. The SMILES string of the molecule is CCOC(=O)CCNC(=O)CCC(=O)Nc1nc2ccccc2s1. The molecule has 2 N–H and O–H groups in total. The van der Waals surface area contributed by atoms with Crippen LogP contribution in [0.3, 0.4) is 0 Å². The van der Waals surface area contributed by atoms with Gasteiger partial charge >= 0.3 is 5.97 Å². The van der Waals surface area contributed by atoms with E-state index >= 15 is 0 Å². The summed E-state index contributed by atoms with van der Waals surface area (Å²) in [5, 5.41) is 5.79. The molecule has 0 atom stereocenters. The molecule has 7 nitrogen and oxygen atoms in total. The van der Waals surface area contributed by atoms with E-state index in [0.29, 0.717) is 11.7 Å². The van der Waals surface area contributed by atoms with Gasteiger partial charge in [0.25, 0.3) is 0 Å². The number of anilines is 1. The van der Waals surface area contributed by atoms with E-state index in [1.165, 1.54) is 11.3 Å². The maximum atomic E-state index is 11.9. The summed E-state index contributed by atoms with van der Waals surface area (Å²) in [6.07, 6.45) is 0.234. The van der Waals surface area contributed by atoms with Crippen molar-refractivity contribution in [3.05, 3.63) is 24.3 Å². The fourth-order valence-corrected chi connectivity index (χ4v) is 2.84. The lowest BCUT2D eigenvalue weighted by Gasteiger charge is -2.05. The van der Waals surface area contributed by atoms with Crippen molar-refractivity contribution in [3.63, 3.8) is 0 Å². The van der Waals surface area contributed by atoms with E-state index in [4.69, 9.17) is 4.74 Å². The molecule has 0 aliphatic carbocycles. The topological polar surface area (TPSA) is 97.4 Å². The number of aromatic nitrogens is 1. The lowest BCUT2D eigenvalue weighted by Crippen LogP contribution is -2.27. The summed E-state index contributed by atoms with van der Waals surface area (Å²) in [5.41, 5.74) is 0.828. The monoisotopic (exact) mass is 349 g/mol. The van der Waals surface area contributed by atoms with Crippen LogP contribution in [0, 0.1) is 0 Å².